The second-order valence-electron chi connectivity index (χ2n) is 6.16. The number of hydrogen-bond donors (Lipinski definition) is 1. The van der Waals surface area contributed by atoms with Gasteiger partial charge in [0.1, 0.15) is 5.60 Å². The van der Waals surface area contributed by atoms with E-state index in [9.17, 15) is 4.79 Å². The molecule has 2 bridgehead atoms. The Bertz CT molecular complexity index is 314. The Balaban J connectivity index is 2.05. The third-order valence-corrected chi connectivity index (χ3v) is 3.58. The lowest BCUT2D eigenvalue weighted by Gasteiger charge is -2.40. The predicted molar refractivity (Wildman–Crippen MR) is 68.5 cm³/mol. The minimum atomic E-state index is -0.432. The van der Waals surface area contributed by atoms with Gasteiger partial charge in [0.25, 0.3) is 0 Å². The van der Waals surface area contributed by atoms with E-state index in [1.165, 1.54) is 0 Å². The molecule has 0 radical (unpaired) electrons. The molecule has 2 heterocycles. The molecule has 104 valence electrons. The van der Waals surface area contributed by atoms with Crippen LogP contribution < -0.4 is 5.32 Å². The fraction of sp³-hybridized carbons (Fsp3) is 0.923. The smallest absolute Gasteiger partial charge is 0.410 e. The molecule has 1 amide bonds. The minimum Gasteiger partial charge on any atom is -0.444 e. The highest BCUT2D eigenvalue weighted by atomic mass is 16.6. The van der Waals surface area contributed by atoms with Crippen molar-refractivity contribution in [2.45, 2.75) is 57.3 Å². The van der Waals surface area contributed by atoms with Crippen LogP contribution in [0.4, 0.5) is 4.79 Å². The van der Waals surface area contributed by atoms with E-state index >= 15 is 0 Å². The SMILES string of the molecule is COC[C@H]1NC[C@@H]2CC[C@@H]1N2C(=O)OC(C)(C)C. The maximum atomic E-state index is 12.3. The summed E-state index contributed by atoms with van der Waals surface area (Å²) in [6, 6.07) is 0.706. The molecule has 18 heavy (non-hydrogen) atoms. The minimum absolute atomic E-state index is 0.183. The van der Waals surface area contributed by atoms with Crippen molar-refractivity contribution in [2.75, 3.05) is 20.3 Å². The van der Waals surface area contributed by atoms with Crippen LogP contribution in [0, 0.1) is 0 Å². The van der Waals surface area contributed by atoms with Gasteiger partial charge in [0.15, 0.2) is 0 Å². The number of nitrogens with zero attached hydrogens (tertiary/aromatic N) is 1. The standard InChI is InChI=1S/C13H24N2O3/c1-13(2,3)18-12(16)15-9-5-6-11(15)10(8-17-4)14-7-9/h9-11,14H,5-8H2,1-4H3/t9-,10+,11-/m0/s1. The van der Waals surface area contributed by atoms with Gasteiger partial charge in [-0.3, -0.25) is 4.90 Å². The Hall–Kier alpha value is -0.810. The van der Waals surface area contributed by atoms with E-state index < -0.39 is 5.60 Å². The lowest BCUT2D eigenvalue weighted by atomic mass is 10.1. The summed E-state index contributed by atoms with van der Waals surface area (Å²) in [5.74, 6) is 0. The molecule has 0 aromatic heterocycles. The summed E-state index contributed by atoms with van der Waals surface area (Å²) in [5.41, 5.74) is -0.432. The largest absolute Gasteiger partial charge is 0.444 e. The Morgan fingerprint density at radius 1 is 1.39 bits per heavy atom. The number of amides is 1. The molecule has 2 aliphatic heterocycles. The van der Waals surface area contributed by atoms with Gasteiger partial charge in [-0.1, -0.05) is 0 Å². The first-order valence-electron chi connectivity index (χ1n) is 6.66. The summed E-state index contributed by atoms with van der Waals surface area (Å²) in [6.07, 6.45) is 1.90. The van der Waals surface area contributed by atoms with Crippen LogP contribution in [0.1, 0.15) is 33.6 Å². The van der Waals surface area contributed by atoms with Crippen LogP contribution in [-0.2, 0) is 9.47 Å². The van der Waals surface area contributed by atoms with E-state index in [0.717, 1.165) is 19.4 Å². The first kappa shape index (κ1) is 13.6. The zero-order valence-corrected chi connectivity index (χ0v) is 11.7. The fourth-order valence-corrected chi connectivity index (χ4v) is 2.88. The molecular weight excluding hydrogens is 232 g/mol. The Morgan fingerprint density at radius 3 is 2.72 bits per heavy atom. The topological polar surface area (TPSA) is 50.8 Å². The Morgan fingerprint density at radius 2 is 2.11 bits per heavy atom. The van der Waals surface area contributed by atoms with Crippen molar-refractivity contribution in [2.24, 2.45) is 0 Å². The normalized spacial score (nSPS) is 31.6. The van der Waals surface area contributed by atoms with Gasteiger partial charge in [-0.05, 0) is 33.6 Å². The molecule has 0 aliphatic carbocycles. The number of nitrogens with one attached hydrogen (secondary N) is 1. The van der Waals surface area contributed by atoms with Crippen LogP contribution in [0.5, 0.6) is 0 Å². The van der Waals surface area contributed by atoms with Crippen molar-refractivity contribution < 1.29 is 14.3 Å². The second-order valence-corrected chi connectivity index (χ2v) is 6.16. The number of piperazine rings is 1. The number of hydrogen-bond acceptors (Lipinski definition) is 4. The van der Waals surface area contributed by atoms with E-state index in [2.05, 4.69) is 5.32 Å². The van der Waals surface area contributed by atoms with Gasteiger partial charge in [-0.2, -0.15) is 0 Å². The molecule has 5 nitrogen and oxygen atoms in total. The van der Waals surface area contributed by atoms with Gasteiger partial charge in [0.2, 0.25) is 0 Å². The highest BCUT2D eigenvalue weighted by Crippen LogP contribution is 2.31. The molecule has 5 heteroatoms. The first-order valence-corrected chi connectivity index (χ1v) is 6.66. The van der Waals surface area contributed by atoms with Crippen molar-refractivity contribution in [3.63, 3.8) is 0 Å². The monoisotopic (exact) mass is 256 g/mol. The molecule has 2 rings (SSSR count). The van der Waals surface area contributed by atoms with Crippen molar-refractivity contribution in [3.8, 4) is 0 Å². The van der Waals surface area contributed by atoms with Gasteiger partial charge >= 0.3 is 6.09 Å². The molecule has 0 aromatic carbocycles. The molecular formula is C13H24N2O3. The van der Waals surface area contributed by atoms with Crippen LogP contribution in [0.15, 0.2) is 0 Å². The second kappa shape index (κ2) is 5.05. The van der Waals surface area contributed by atoms with Crippen molar-refractivity contribution in [1.82, 2.24) is 10.2 Å². The maximum absolute atomic E-state index is 12.3. The summed E-state index contributed by atoms with van der Waals surface area (Å²) in [5, 5.41) is 3.46. The summed E-state index contributed by atoms with van der Waals surface area (Å²) in [6.45, 7) is 7.19. The molecule has 2 fully saturated rings. The van der Waals surface area contributed by atoms with Gasteiger partial charge in [0, 0.05) is 19.7 Å². The molecule has 2 aliphatic rings. The van der Waals surface area contributed by atoms with Crippen LogP contribution in [0.2, 0.25) is 0 Å². The summed E-state index contributed by atoms with van der Waals surface area (Å²) >= 11 is 0. The molecule has 3 atom stereocenters. The number of carbonyl (C=O) groups excluding carboxylic acids is 1. The summed E-state index contributed by atoms with van der Waals surface area (Å²) in [7, 11) is 1.69. The first-order chi connectivity index (χ1) is 8.42. The number of fused-ring (bicyclic) bond motifs is 2. The zero-order valence-electron chi connectivity index (χ0n) is 11.7. The van der Waals surface area contributed by atoms with E-state index in [1.807, 2.05) is 25.7 Å². The lowest BCUT2D eigenvalue weighted by molar-refractivity contribution is -0.00180. The van der Waals surface area contributed by atoms with E-state index in [4.69, 9.17) is 9.47 Å². The number of methoxy groups -OCH3 is 1. The van der Waals surface area contributed by atoms with E-state index in [-0.39, 0.29) is 24.2 Å². The molecule has 2 saturated heterocycles. The maximum Gasteiger partial charge on any atom is 0.410 e. The van der Waals surface area contributed by atoms with Crippen LogP contribution >= 0.6 is 0 Å². The average molecular weight is 256 g/mol. The summed E-state index contributed by atoms with van der Waals surface area (Å²) in [4.78, 5) is 14.2. The third kappa shape index (κ3) is 2.78. The summed E-state index contributed by atoms with van der Waals surface area (Å²) < 4.78 is 10.7. The number of rotatable bonds is 2. The Kier molecular flexibility index (Phi) is 3.82. The number of ether oxygens (including phenoxy) is 2. The van der Waals surface area contributed by atoms with Gasteiger partial charge < -0.3 is 14.8 Å². The quantitative estimate of drug-likeness (QED) is 0.811. The molecule has 0 unspecified atom stereocenters. The average Bonchev–Trinajstić information content (AvgIpc) is 2.56. The molecule has 1 N–H and O–H groups in total. The highest BCUT2D eigenvalue weighted by Gasteiger charge is 2.46. The van der Waals surface area contributed by atoms with Crippen LogP contribution in [0.25, 0.3) is 0 Å². The predicted octanol–water partition coefficient (Wildman–Crippen LogP) is 1.37. The highest BCUT2D eigenvalue weighted by molar-refractivity contribution is 5.70. The molecule has 0 saturated carbocycles. The van der Waals surface area contributed by atoms with Crippen molar-refractivity contribution in [1.29, 1.82) is 0 Å². The zero-order chi connectivity index (χ0) is 13.3. The molecule has 0 aromatic rings. The van der Waals surface area contributed by atoms with Gasteiger partial charge in [-0.15, -0.1) is 0 Å². The third-order valence-electron chi connectivity index (χ3n) is 3.58. The Labute approximate surface area is 109 Å². The van der Waals surface area contributed by atoms with Crippen LogP contribution in [0.3, 0.4) is 0 Å². The van der Waals surface area contributed by atoms with Crippen LogP contribution in [-0.4, -0.2) is 55.0 Å². The fourth-order valence-electron chi connectivity index (χ4n) is 2.88. The van der Waals surface area contributed by atoms with Crippen molar-refractivity contribution in [3.05, 3.63) is 0 Å². The van der Waals surface area contributed by atoms with E-state index in [1.54, 1.807) is 7.11 Å². The lowest BCUT2D eigenvalue weighted by Crippen LogP contribution is -2.61. The number of carbonyl (C=O) groups is 1. The van der Waals surface area contributed by atoms with Gasteiger partial charge in [-0.25, -0.2) is 4.79 Å². The van der Waals surface area contributed by atoms with E-state index in [0.29, 0.717) is 6.61 Å². The van der Waals surface area contributed by atoms with Crippen molar-refractivity contribution >= 4 is 6.09 Å². The molecule has 0 spiro atoms. The van der Waals surface area contributed by atoms with Gasteiger partial charge in [0.05, 0.1) is 18.7 Å².